The van der Waals surface area contributed by atoms with Gasteiger partial charge in [-0.1, -0.05) is 30.3 Å². The lowest BCUT2D eigenvalue weighted by Crippen LogP contribution is -2.40. The van der Waals surface area contributed by atoms with Gasteiger partial charge in [0.1, 0.15) is 17.7 Å². The summed E-state index contributed by atoms with van der Waals surface area (Å²) in [6.45, 7) is 8.37. The van der Waals surface area contributed by atoms with Crippen LogP contribution in [0.4, 0.5) is 0 Å². The zero-order valence-corrected chi connectivity index (χ0v) is 16.4. The highest BCUT2D eigenvalue weighted by molar-refractivity contribution is 5.39. The first-order valence-electron chi connectivity index (χ1n) is 9.86. The van der Waals surface area contributed by atoms with E-state index in [1.54, 1.807) is 6.07 Å². The summed E-state index contributed by atoms with van der Waals surface area (Å²) in [7, 11) is 0. The topological polar surface area (TPSA) is 70.4 Å². The van der Waals surface area contributed by atoms with E-state index in [9.17, 15) is 5.26 Å². The SMILES string of the molecule is Cc1ccc(C#N)c(OC(CCNCCN2CCOCC2)c2ccccc2)n1. The standard InChI is InChI=1S/C22H28N4O2/c1-18-7-8-20(17-23)22(25-18)28-21(19-5-3-2-4-6-19)9-10-24-11-12-26-13-15-27-16-14-26/h2-8,21,24H,9-16H2,1H3. The predicted molar refractivity (Wildman–Crippen MR) is 108 cm³/mol. The first-order valence-corrected chi connectivity index (χ1v) is 9.86. The molecule has 6 heteroatoms. The molecule has 1 aliphatic heterocycles. The molecule has 0 saturated carbocycles. The van der Waals surface area contributed by atoms with Crippen LogP contribution in [-0.2, 0) is 4.74 Å². The molecule has 0 aliphatic carbocycles. The van der Waals surface area contributed by atoms with E-state index in [4.69, 9.17) is 9.47 Å². The van der Waals surface area contributed by atoms with Gasteiger partial charge in [-0.05, 0) is 31.2 Å². The van der Waals surface area contributed by atoms with Crippen LogP contribution in [0.3, 0.4) is 0 Å². The van der Waals surface area contributed by atoms with Crippen LogP contribution in [-0.4, -0.2) is 55.8 Å². The van der Waals surface area contributed by atoms with Gasteiger partial charge in [0.25, 0.3) is 0 Å². The van der Waals surface area contributed by atoms with Crippen molar-refractivity contribution in [2.24, 2.45) is 0 Å². The van der Waals surface area contributed by atoms with Crippen molar-refractivity contribution in [1.29, 1.82) is 5.26 Å². The van der Waals surface area contributed by atoms with Crippen molar-refractivity contribution >= 4 is 0 Å². The van der Waals surface area contributed by atoms with Gasteiger partial charge in [0, 0.05) is 38.3 Å². The molecule has 28 heavy (non-hydrogen) atoms. The molecule has 0 bridgehead atoms. The van der Waals surface area contributed by atoms with Crippen LogP contribution in [0.25, 0.3) is 0 Å². The molecule has 0 spiro atoms. The van der Waals surface area contributed by atoms with E-state index in [2.05, 4.69) is 33.4 Å². The second-order valence-corrected chi connectivity index (χ2v) is 6.93. The molecular weight excluding hydrogens is 352 g/mol. The van der Waals surface area contributed by atoms with Crippen LogP contribution >= 0.6 is 0 Å². The average Bonchev–Trinajstić information content (AvgIpc) is 2.74. The van der Waals surface area contributed by atoms with E-state index in [1.165, 1.54) is 0 Å². The lowest BCUT2D eigenvalue weighted by Gasteiger charge is -2.26. The maximum atomic E-state index is 9.37. The number of hydrogen-bond acceptors (Lipinski definition) is 6. The Kier molecular flexibility index (Phi) is 7.80. The van der Waals surface area contributed by atoms with Gasteiger partial charge in [-0.3, -0.25) is 4.90 Å². The molecule has 1 N–H and O–H groups in total. The van der Waals surface area contributed by atoms with E-state index >= 15 is 0 Å². The Bertz CT molecular complexity index is 770. The van der Waals surface area contributed by atoms with Crippen molar-refractivity contribution in [2.75, 3.05) is 45.9 Å². The van der Waals surface area contributed by atoms with Gasteiger partial charge in [-0.15, -0.1) is 0 Å². The fourth-order valence-electron chi connectivity index (χ4n) is 3.22. The Hall–Kier alpha value is -2.46. The molecule has 6 nitrogen and oxygen atoms in total. The maximum absolute atomic E-state index is 9.37. The second-order valence-electron chi connectivity index (χ2n) is 6.93. The molecule has 1 fully saturated rings. The number of aryl methyl sites for hydroxylation is 1. The number of aromatic nitrogens is 1. The quantitative estimate of drug-likeness (QED) is 0.675. The number of hydrogen-bond donors (Lipinski definition) is 1. The van der Waals surface area contributed by atoms with Crippen LogP contribution in [0, 0.1) is 18.3 Å². The van der Waals surface area contributed by atoms with E-state index < -0.39 is 0 Å². The summed E-state index contributed by atoms with van der Waals surface area (Å²) in [5, 5.41) is 12.9. The van der Waals surface area contributed by atoms with Crippen LogP contribution in [0.15, 0.2) is 42.5 Å². The number of nitrogens with zero attached hydrogens (tertiary/aromatic N) is 3. The molecule has 1 atom stereocenters. The third kappa shape index (κ3) is 6.03. The largest absolute Gasteiger partial charge is 0.468 e. The minimum atomic E-state index is -0.154. The van der Waals surface area contributed by atoms with E-state index in [1.807, 2.05) is 31.2 Å². The Labute approximate surface area is 167 Å². The molecule has 1 aliphatic rings. The van der Waals surface area contributed by atoms with Crippen molar-refractivity contribution in [3.63, 3.8) is 0 Å². The Balaban J connectivity index is 1.57. The number of nitrogens with one attached hydrogen (secondary N) is 1. The summed E-state index contributed by atoms with van der Waals surface area (Å²) in [5.74, 6) is 0.407. The second kappa shape index (κ2) is 10.8. The molecule has 148 valence electrons. The fourth-order valence-corrected chi connectivity index (χ4v) is 3.22. The molecular formula is C22H28N4O2. The fraction of sp³-hybridized carbons (Fsp3) is 0.455. The van der Waals surface area contributed by atoms with Gasteiger partial charge in [0.15, 0.2) is 0 Å². The van der Waals surface area contributed by atoms with Crippen molar-refractivity contribution < 1.29 is 9.47 Å². The van der Waals surface area contributed by atoms with Crippen molar-refractivity contribution in [3.8, 4) is 11.9 Å². The molecule has 2 heterocycles. The predicted octanol–water partition coefficient (Wildman–Crippen LogP) is 2.69. The highest BCUT2D eigenvalue weighted by atomic mass is 16.5. The van der Waals surface area contributed by atoms with Gasteiger partial charge in [0.2, 0.25) is 5.88 Å². The summed E-state index contributed by atoms with van der Waals surface area (Å²) in [6, 6.07) is 15.9. The van der Waals surface area contributed by atoms with Crippen LogP contribution in [0.5, 0.6) is 5.88 Å². The van der Waals surface area contributed by atoms with E-state index in [0.717, 1.165) is 63.6 Å². The van der Waals surface area contributed by atoms with Gasteiger partial charge in [-0.25, -0.2) is 4.98 Å². The minimum Gasteiger partial charge on any atom is -0.468 e. The molecule has 1 saturated heterocycles. The average molecular weight is 380 g/mol. The van der Waals surface area contributed by atoms with Gasteiger partial charge in [0.05, 0.1) is 13.2 Å². The van der Waals surface area contributed by atoms with Gasteiger partial charge >= 0.3 is 0 Å². The number of benzene rings is 1. The first-order chi connectivity index (χ1) is 13.8. The Morgan fingerprint density at radius 2 is 1.96 bits per heavy atom. The molecule has 2 aromatic rings. The van der Waals surface area contributed by atoms with Crippen LogP contribution in [0.1, 0.15) is 29.3 Å². The zero-order chi connectivity index (χ0) is 19.6. The van der Waals surface area contributed by atoms with Gasteiger partial charge < -0.3 is 14.8 Å². The number of morpholine rings is 1. The third-order valence-electron chi connectivity index (χ3n) is 4.84. The van der Waals surface area contributed by atoms with Crippen molar-refractivity contribution in [3.05, 3.63) is 59.3 Å². The van der Waals surface area contributed by atoms with Gasteiger partial charge in [-0.2, -0.15) is 5.26 Å². The van der Waals surface area contributed by atoms with E-state index in [0.29, 0.717) is 11.4 Å². The minimum absolute atomic E-state index is 0.154. The van der Waals surface area contributed by atoms with Crippen LogP contribution < -0.4 is 10.1 Å². The van der Waals surface area contributed by atoms with E-state index in [-0.39, 0.29) is 6.10 Å². The molecule has 1 aromatic heterocycles. The molecule has 0 amide bonds. The van der Waals surface area contributed by atoms with Crippen molar-refractivity contribution in [2.45, 2.75) is 19.4 Å². The normalized spacial score (nSPS) is 15.7. The third-order valence-corrected chi connectivity index (χ3v) is 4.84. The highest BCUT2D eigenvalue weighted by Crippen LogP contribution is 2.26. The Morgan fingerprint density at radius 3 is 2.71 bits per heavy atom. The lowest BCUT2D eigenvalue weighted by molar-refractivity contribution is 0.0383. The summed E-state index contributed by atoms with van der Waals surface area (Å²) in [4.78, 5) is 6.85. The summed E-state index contributed by atoms with van der Waals surface area (Å²) < 4.78 is 11.6. The molecule has 1 aromatic carbocycles. The number of rotatable bonds is 9. The zero-order valence-electron chi connectivity index (χ0n) is 16.4. The molecule has 3 rings (SSSR count). The first kappa shape index (κ1) is 20.3. The number of ether oxygens (including phenoxy) is 2. The Morgan fingerprint density at radius 1 is 1.18 bits per heavy atom. The van der Waals surface area contributed by atoms with Crippen LogP contribution in [0.2, 0.25) is 0 Å². The summed E-state index contributed by atoms with van der Waals surface area (Å²) >= 11 is 0. The van der Waals surface area contributed by atoms with Crippen molar-refractivity contribution in [1.82, 2.24) is 15.2 Å². The molecule has 0 radical (unpaired) electrons. The summed E-state index contributed by atoms with van der Waals surface area (Å²) in [5.41, 5.74) is 2.39. The number of nitriles is 1. The highest BCUT2D eigenvalue weighted by Gasteiger charge is 2.17. The summed E-state index contributed by atoms with van der Waals surface area (Å²) in [6.07, 6.45) is 0.645. The molecule has 1 unspecified atom stereocenters. The lowest BCUT2D eigenvalue weighted by atomic mass is 10.1. The smallest absolute Gasteiger partial charge is 0.232 e. The number of pyridine rings is 1. The maximum Gasteiger partial charge on any atom is 0.232 e. The monoisotopic (exact) mass is 380 g/mol.